The van der Waals surface area contributed by atoms with E-state index < -0.39 is 0 Å². The lowest BCUT2D eigenvalue weighted by molar-refractivity contribution is 0.0983. The Labute approximate surface area is 158 Å². The molecule has 0 saturated heterocycles. The maximum atomic E-state index is 13.4. The Morgan fingerprint density at radius 3 is 2.38 bits per heavy atom. The molecule has 0 aromatic heterocycles. The molecule has 1 amide bonds. The lowest BCUT2D eigenvalue weighted by Crippen LogP contribution is -2.32. The molecule has 0 saturated carbocycles. The lowest BCUT2D eigenvalue weighted by Gasteiger charge is -2.24. The number of thioether (sulfide) groups is 1. The molecule has 5 nitrogen and oxygen atoms in total. The number of para-hydroxylation sites is 1. The van der Waals surface area contributed by atoms with Crippen molar-refractivity contribution in [1.29, 1.82) is 0 Å². The third-order valence-corrected chi connectivity index (χ3v) is 5.66. The number of amides is 1. The molecule has 0 bridgehead atoms. The van der Waals surface area contributed by atoms with E-state index in [-0.39, 0.29) is 5.91 Å². The number of rotatable bonds is 4. The van der Waals surface area contributed by atoms with Gasteiger partial charge in [-0.05, 0) is 18.6 Å². The van der Waals surface area contributed by atoms with Crippen LogP contribution in [0.1, 0.15) is 23.7 Å². The van der Waals surface area contributed by atoms with Crippen LogP contribution in [0.2, 0.25) is 0 Å². The zero-order valence-electron chi connectivity index (χ0n) is 15.4. The molecule has 1 aliphatic heterocycles. The molecule has 0 aliphatic carbocycles. The van der Waals surface area contributed by atoms with Gasteiger partial charge in [-0.3, -0.25) is 4.79 Å². The van der Waals surface area contributed by atoms with Gasteiger partial charge >= 0.3 is 0 Å². The highest BCUT2D eigenvalue weighted by molar-refractivity contribution is 8.00. The van der Waals surface area contributed by atoms with Gasteiger partial charge in [-0.25, -0.2) is 0 Å². The lowest BCUT2D eigenvalue weighted by atomic mass is 10.1. The van der Waals surface area contributed by atoms with Crippen LogP contribution >= 0.6 is 11.8 Å². The second-order valence-electron chi connectivity index (χ2n) is 6.05. The molecule has 2 aromatic rings. The van der Waals surface area contributed by atoms with Crippen LogP contribution in [0.4, 0.5) is 5.69 Å². The van der Waals surface area contributed by atoms with Crippen molar-refractivity contribution in [2.45, 2.75) is 23.5 Å². The van der Waals surface area contributed by atoms with Gasteiger partial charge in [0.2, 0.25) is 0 Å². The van der Waals surface area contributed by atoms with E-state index in [0.29, 0.717) is 34.6 Å². The molecule has 1 heterocycles. The van der Waals surface area contributed by atoms with E-state index in [1.165, 1.54) is 0 Å². The Kier molecular flexibility index (Phi) is 5.61. The number of methoxy groups -OCH3 is 3. The summed E-state index contributed by atoms with van der Waals surface area (Å²) in [6, 6.07) is 11.4. The van der Waals surface area contributed by atoms with Crippen LogP contribution in [0.25, 0.3) is 0 Å². The zero-order valence-corrected chi connectivity index (χ0v) is 16.3. The first-order chi connectivity index (χ1) is 12.6. The van der Waals surface area contributed by atoms with Crippen molar-refractivity contribution in [2.24, 2.45) is 0 Å². The molecule has 1 atom stereocenters. The van der Waals surface area contributed by atoms with E-state index in [4.69, 9.17) is 14.2 Å². The summed E-state index contributed by atoms with van der Waals surface area (Å²) in [7, 11) is 4.66. The Morgan fingerprint density at radius 1 is 1.04 bits per heavy atom. The highest BCUT2D eigenvalue weighted by atomic mass is 32.2. The van der Waals surface area contributed by atoms with E-state index in [1.807, 2.05) is 23.1 Å². The normalized spacial score (nSPS) is 16.5. The van der Waals surface area contributed by atoms with Crippen LogP contribution in [0, 0.1) is 0 Å². The van der Waals surface area contributed by atoms with Crippen LogP contribution in [-0.2, 0) is 0 Å². The fraction of sp³-hybridized carbons (Fsp3) is 0.350. The number of ether oxygens (including phenoxy) is 3. The first kappa shape index (κ1) is 18.5. The number of fused-ring (bicyclic) bond motifs is 1. The average molecular weight is 373 g/mol. The molecule has 26 heavy (non-hydrogen) atoms. The van der Waals surface area contributed by atoms with Crippen molar-refractivity contribution in [3.05, 3.63) is 42.0 Å². The molecule has 6 heteroatoms. The summed E-state index contributed by atoms with van der Waals surface area (Å²) >= 11 is 1.80. The maximum Gasteiger partial charge on any atom is 0.262 e. The number of hydrogen-bond donors (Lipinski definition) is 0. The second-order valence-corrected chi connectivity index (χ2v) is 7.53. The van der Waals surface area contributed by atoms with Gasteiger partial charge in [0.1, 0.15) is 5.75 Å². The molecular weight excluding hydrogens is 350 g/mol. The van der Waals surface area contributed by atoms with Gasteiger partial charge in [-0.2, -0.15) is 0 Å². The number of nitrogens with zero attached hydrogens (tertiary/aromatic N) is 1. The van der Waals surface area contributed by atoms with Crippen LogP contribution in [0.15, 0.2) is 41.3 Å². The van der Waals surface area contributed by atoms with Crippen molar-refractivity contribution in [3.8, 4) is 17.2 Å². The molecule has 138 valence electrons. The van der Waals surface area contributed by atoms with Gasteiger partial charge < -0.3 is 19.1 Å². The Bertz CT molecular complexity index is 808. The molecule has 1 unspecified atom stereocenters. The maximum absolute atomic E-state index is 13.4. The van der Waals surface area contributed by atoms with Crippen LogP contribution in [-0.4, -0.2) is 39.0 Å². The molecule has 1 aliphatic rings. The third-order valence-electron chi connectivity index (χ3n) is 4.42. The first-order valence-electron chi connectivity index (χ1n) is 8.46. The van der Waals surface area contributed by atoms with Gasteiger partial charge in [0.15, 0.2) is 11.5 Å². The summed E-state index contributed by atoms with van der Waals surface area (Å²) in [6.07, 6.45) is 0.917. The summed E-state index contributed by atoms with van der Waals surface area (Å²) in [5.74, 6) is 1.39. The Morgan fingerprint density at radius 2 is 1.69 bits per heavy atom. The van der Waals surface area contributed by atoms with Gasteiger partial charge in [-0.1, -0.05) is 19.1 Å². The number of benzene rings is 2. The summed E-state index contributed by atoms with van der Waals surface area (Å²) in [5.41, 5.74) is 1.39. The molecule has 0 radical (unpaired) electrons. The number of carbonyl (C=O) groups is 1. The molecule has 0 fully saturated rings. The topological polar surface area (TPSA) is 48.0 Å². The van der Waals surface area contributed by atoms with Crippen molar-refractivity contribution in [3.63, 3.8) is 0 Å². The van der Waals surface area contributed by atoms with Gasteiger partial charge in [0.25, 0.3) is 5.91 Å². The Hall–Kier alpha value is -2.34. The van der Waals surface area contributed by atoms with E-state index >= 15 is 0 Å². The molecule has 0 N–H and O–H groups in total. The average Bonchev–Trinajstić information content (AvgIpc) is 2.84. The molecule has 0 spiro atoms. The minimum Gasteiger partial charge on any atom is -0.496 e. The number of anilines is 1. The fourth-order valence-corrected chi connectivity index (χ4v) is 4.15. The minimum atomic E-state index is -0.107. The molecule has 3 rings (SSSR count). The van der Waals surface area contributed by atoms with E-state index in [0.717, 1.165) is 17.0 Å². The van der Waals surface area contributed by atoms with Crippen molar-refractivity contribution >= 4 is 23.4 Å². The van der Waals surface area contributed by atoms with Crippen LogP contribution in [0.5, 0.6) is 17.2 Å². The highest BCUT2D eigenvalue weighted by Crippen LogP contribution is 2.40. The predicted octanol–water partition coefficient (Wildman–Crippen LogP) is 4.24. The van der Waals surface area contributed by atoms with Gasteiger partial charge in [0, 0.05) is 28.8 Å². The van der Waals surface area contributed by atoms with E-state index in [9.17, 15) is 4.79 Å². The summed E-state index contributed by atoms with van der Waals surface area (Å²) in [6.45, 7) is 2.84. The quantitative estimate of drug-likeness (QED) is 0.802. The van der Waals surface area contributed by atoms with Crippen molar-refractivity contribution in [2.75, 3.05) is 32.8 Å². The predicted molar refractivity (Wildman–Crippen MR) is 104 cm³/mol. The zero-order chi connectivity index (χ0) is 18.7. The SMILES string of the molecule is COc1cc(OC)c(C(=O)N2CCC(C)Sc3ccccc32)cc1OC. The van der Waals surface area contributed by atoms with Crippen LogP contribution < -0.4 is 19.1 Å². The van der Waals surface area contributed by atoms with Crippen molar-refractivity contribution in [1.82, 2.24) is 0 Å². The summed E-state index contributed by atoms with van der Waals surface area (Å²) in [4.78, 5) is 16.4. The highest BCUT2D eigenvalue weighted by Gasteiger charge is 2.28. The smallest absolute Gasteiger partial charge is 0.262 e. The van der Waals surface area contributed by atoms with E-state index in [2.05, 4.69) is 13.0 Å². The van der Waals surface area contributed by atoms with Gasteiger partial charge in [-0.15, -0.1) is 11.8 Å². The van der Waals surface area contributed by atoms with Gasteiger partial charge in [0.05, 0.1) is 32.6 Å². The standard InChI is InChI=1S/C20H23NO4S/c1-13-9-10-21(15-7-5-6-8-19(15)26-13)20(22)14-11-17(24-3)18(25-4)12-16(14)23-2/h5-8,11-13H,9-10H2,1-4H3. The molecular formula is C20H23NO4S. The minimum absolute atomic E-state index is 0.107. The number of hydrogen-bond acceptors (Lipinski definition) is 5. The second kappa shape index (κ2) is 7.91. The van der Waals surface area contributed by atoms with E-state index in [1.54, 1.807) is 45.2 Å². The van der Waals surface area contributed by atoms with Crippen molar-refractivity contribution < 1.29 is 19.0 Å². The number of carbonyl (C=O) groups excluding carboxylic acids is 1. The Balaban J connectivity index is 2.06. The summed E-state index contributed by atoms with van der Waals surface area (Å²) < 4.78 is 16.1. The monoisotopic (exact) mass is 373 g/mol. The largest absolute Gasteiger partial charge is 0.496 e. The fourth-order valence-electron chi connectivity index (χ4n) is 3.04. The van der Waals surface area contributed by atoms with Crippen LogP contribution in [0.3, 0.4) is 0 Å². The first-order valence-corrected chi connectivity index (χ1v) is 9.34. The third kappa shape index (κ3) is 3.46. The molecule has 2 aromatic carbocycles. The summed E-state index contributed by atoms with van der Waals surface area (Å²) in [5, 5.41) is 0.446.